The molecule has 16 heteroatoms. The molecule has 0 N–H and O–H groups in total. The van der Waals surface area contributed by atoms with Crippen LogP contribution in [0.3, 0.4) is 0 Å². The molecule has 4 saturated heterocycles. The zero-order valence-corrected chi connectivity index (χ0v) is 34.6. The lowest BCUT2D eigenvalue weighted by atomic mass is 10.2. The Kier molecular flexibility index (Phi) is 14.9. The summed E-state index contributed by atoms with van der Waals surface area (Å²) in [5.41, 5.74) is 0.398. The van der Waals surface area contributed by atoms with Crippen LogP contribution in [0.1, 0.15) is 39.5 Å². The molecule has 0 aromatic heterocycles. The summed E-state index contributed by atoms with van der Waals surface area (Å²) in [4.78, 5) is 64.7. The van der Waals surface area contributed by atoms with Gasteiger partial charge >= 0.3 is 11.9 Å². The van der Waals surface area contributed by atoms with Crippen LogP contribution < -0.4 is 19.3 Å². The fraction of sp³-hybridized carbons (Fsp3) is 0.600. The minimum Gasteiger partial charge on any atom is -0.495 e. The zero-order chi connectivity index (χ0) is 39.6. The highest BCUT2D eigenvalue weighted by Crippen LogP contribution is 2.35. The van der Waals surface area contributed by atoms with Gasteiger partial charge in [-0.2, -0.15) is 0 Å². The Morgan fingerprint density at radius 1 is 0.571 bits per heavy atom. The average Bonchev–Trinajstić information content (AvgIpc) is 3.64. The fourth-order valence-corrected chi connectivity index (χ4v) is 9.82. The Morgan fingerprint density at radius 3 is 1.30 bits per heavy atom. The number of carbonyl (C=O) groups excluding carboxylic acids is 4. The Balaban J connectivity index is 0.898. The minimum atomic E-state index is -1.16. The van der Waals surface area contributed by atoms with Gasteiger partial charge in [-0.25, -0.2) is 9.59 Å². The molecule has 4 aliphatic heterocycles. The molecule has 4 unspecified atom stereocenters. The molecule has 14 nitrogen and oxygen atoms in total. The van der Waals surface area contributed by atoms with Crippen LogP contribution in [0.5, 0.6) is 11.5 Å². The molecule has 2 aromatic carbocycles. The van der Waals surface area contributed by atoms with Crippen molar-refractivity contribution in [2.45, 2.75) is 61.2 Å². The molecule has 306 valence electrons. The molecule has 0 spiro atoms. The van der Waals surface area contributed by atoms with E-state index in [0.717, 1.165) is 114 Å². The third-order valence-electron chi connectivity index (χ3n) is 10.8. The summed E-state index contributed by atoms with van der Waals surface area (Å²) in [5.74, 6) is -0.818. The number of rotatable bonds is 16. The molecule has 0 aliphatic carbocycles. The lowest BCUT2D eigenvalue weighted by Crippen LogP contribution is -2.47. The molecule has 6 rings (SSSR count). The number of carbonyl (C=O) groups is 4. The number of esters is 2. The van der Waals surface area contributed by atoms with Gasteiger partial charge in [0.15, 0.2) is 0 Å². The Bertz CT molecular complexity index is 1540. The van der Waals surface area contributed by atoms with E-state index in [9.17, 15) is 19.2 Å². The first kappa shape index (κ1) is 41.8. The van der Waals surface area contributed by atoms with Gasteiger partial charge in [-0.15, -0.1) is 0 Å². The molecule has 0 bridgehead atoms. The van der Waals surface area contributed by atoms with E-state index in [0.29, 0.717) is 13.1 Å². The molecular formula is C40H56N6O8S2. The van der Waals surface area contributed by atoms with Crippen LogP contribution >= 0.6 is 23.5 Å². The number of unbranched alkanes of at least 4 members (excludes halogenated alkanes) is 2. The van der Waals surface area contributed by atoms with Crippen LogP contribution in [0.4, 0.5) is 11.4 Å². The minimum absolute atomic E-state index is 0.123. The van der Waals surface area contributed by atoms with Crippen molar-refractivity contribution in [2.24, 2.45) is 0 Å². The van der Waals surface area contributed by atoms with Crippen molar-refractivity contribution < 1.29 is 38.1 Å². The predicted molar refractivity (Wildman–Crippen MR) is 219 cm³/mol. The van der Waals surface area contributed by atoms with E-state index in [1.54, 1.807) is 37.9 Å². The number of ether oxygens (including phenoxy) is 4. The summed E-state index contributed by atoms with van der Waals surface area (Å²) in [7, 11) is 3.39. The molecule has 0 saturated carbocycles. The number of piperazine rings is 2. The van der Waals surface area contributed by atoms with Crippen LogP contribution in [0, 0.1) is 0 Å². The van der Waals surface area contributed by atoms with Crippen LogP contribution in [0.15, 0.2) is 48.5 Å². The summed E-state index contributed by atoms with van der Waals surface area (Å²) in [5, 5.41) is -0.801. The van der Waals surface area contributed by atoms with Gasteiger partial charge in [0.25, 0.3) is 0 Å². The molecule has 56 heavy (non-hydrogen) atoms. The summed E-state index contributed by atoms with van der Waals surface area (Å²) >= 11 is 2.40. The van der Waals surface area contributed by atoms with Crippen molar-refractivity contribution in [1.29, 1.82) is 0 Å². The van der Waals surface area contributed by atoms with E-state index in [4.69, 9.17) is 18.9 Å². The first-order chi connectivity index (χ1) is 27.2. The largest absolute Gasteiger partial charge is 0.495 e. The van der Waals surface area contributed by atoms with Gasteiger partial charge in [0.1, 0.15) is 11.5 Å². The van der Waals surface area contributed by atoms with Crippen molar-refractivity contribution >= 4 is 58.7 Å². The summed E-state index contributed by atoms with van der Waals surface area (Å²) in [6.07, 6.45) is 3.22. The summed E-state index contributed by atoms with van der Waals surface area (Å²) in [6, 6.07) is 16.1. The lowest BCUT2D eigenvalue weighted by molar-refractivity contribution is -0.177. The van der Waals surface area contributed by atoms with Crippen molar-refractivity contribution in [3.8, 4) is 11.5 Å². The van der Waals surface area contributed by atoms with Gasteiger partial charge in [0.2, 0.25) is 22.9 Å². The van der Waals surface area contributed by atoms with Gasteiger partial charge in [0.05, 0.1) is 36.1 Å². The average molecular weight is 813 g/mol. The summed E-state index contributed by atoms with van der Waals surface area (Å²) < 4.78 is 22.2. The number of hydrogen-bond donors (Lipinski definition) is 0. The molecule has 0 radical (unpaired) electrons. The third kappa shape index (κ3) is 10.4. The van der Waals surface area contributed by atoms with E-state index in [1.165, 1.54) is 23.5 Å². The maximum atomic E-state index is 13.0. The second-order valence-electron chi connectivity index (χ2n) is 14.5. The quantitative estimate of drug-likeness (QED) is 0.139. The summed E-state index contributed by atoms with van der Waals surface area (Å²) in [6.45, 7) is 13.5. The van der Waals surface area contributed by atoms with Crippen LogP contribution in [0.2, 0.25) is 0 Å². The molecule has 4 fully saturated rings. The van der Waals surface area contributed by atoms with Gasteiger partial charge in [-0.05, 0) is 76.9 Å². The smallest absolute Gasteiger partial charge is 0.420 e. The monoisotopic (exact) mass is 812 g/mol. The van der Waals surface area contributed by atoms with Gasteiger partial charge in [-0.3, -0.25) is 29.2 Å². The topological polar surface area (TPSA) is 125 Å². The van der Waals surface area contributed by atoms with Gasteiger partial charge < -0.3 is 28.7 Å². The number of benzene rings is 2. The molecule has 2 amide bonds. The normalized spacial score (nSPS) is 23.5. The van der Waals surface area contributed by atoms with E-state index in [1.807, 2.05) is 36.4 Å². The Hall–Kier alpha value is -3.86. The molecular weight excluding hydrogens is 757 g/mol. The predicted octanol–water partition coefficient (Wildman–Crippen LogP) is 3.79. The van der Waals surface area contributed by atoms with E-state index >= 15 is 0 Å². The molecule has 4 atom stereocenters. The van der Waals surface area contributed by atoms with Crippen LogP contribution in [-0.2, 0) is 28.7 Å². The standard InChI is InChI=1S/C40H56N6O8S2/c1-29-35(47)45(19-11-9-17-41-21-25-43(26-22-41)31-13-5-7-15-33(31)51-3)39(55-29)53-37(49)38(50)54-40-46(36(48)30(2)56-40)20-12-10-18-42-23-27-44(28-24-42)32-14-6-8-16-34(32)52-4/h5-8,13-16,29-30,39-40H,9-12,17-28H2,1-4H3. The number of anilines is 2. The Morgan fingerprint density at radius 2 is 0.929 bits per heavy atom. The van der Waals surface area contributed by atoms with E-state index < -0.39 is 33.6 Å². The van der Waals surface area contributed by atoms with Crippen molar-refractivity contribution in [2.75, 3.05) is 103 Å². The number of nitrogens with zero attached hydrogens (tertiary/aromatic N) is 6. The molecule has 4 aliphatic rings. The highest BCUT2D eigenvalue weighted by atomic mass is 32.2. The highest BCUT2D eigenvalue weighted by molar-refractivity contribution is 8.01. The van der Waals surface area contributed by atoms with Crippen LogP contribution in [-0.4, -0.2) is 158 Å². The fourth-order valence-electron chi connectivity index (χ4n) is 7.62. The highest BCUT2D eigenvalue weighted by Gasteiger charge is 2.44. The first-order valence-corrected chi connectivity index (χ1v) is 21.6. The van der Waals surface area contributed by atoms with Crippen molar-refractivity contribution in [3.05, 3.63) is 48.5 Å². The maximum absolute atomic E-state index is 13.0. The molecule has 4 heterocycles. The Labute approximate surface area is 339 Å². The second kappa shape index (κ2) is 20.0. The number of methoxy groups -OCH3 is 2. The number of para-hydroxylation sites is 4. The third-order valence-corrected chi connectivity index (χ3v) is 13.2. The van der Waals surface area contributed by atoms with Crippen molar-refractivity contribution in [1.82, 2.24) is 19.6 Å². The van der Waals surface area contributed by atoms with Gasteiger partial charge in [0, 0.05) is 65.4 Å². The number of thioether (sulfide) groups is 2. The maximum Gasteiger partial charge on any atom is 0.420 e. The van der Waals surface area contributed by atoms with Gasteiger partial charge in [-0.1, -0.05) is 47.8 Å². The lowest BCUT2D eigenvalue weighted by Gasteiger charge is -2.36. The second-order valence-corrected chi connectivity index (χ2v) is 17.2. The first-order valence-electron chi connectivity index (χ1n) is 19.7. The molecule has 2 aromatic rings. The van der Waals surface area contributed by atoms with Crippen LogP contribution in [0.25, 0.3) is 0 Å². The zero-order valence-electron chi connectivity index (χ0n) is 33.0. The van der Waals surface area contributed by atoms with E-state index in [-0.39, 0.29) is 11.8 Å². The van der Waals surface area contributed by atoms with E-state index in [2.05, 4.69) is 31.7 Å². The number of hydrogen-bond acceptors (Lipinski definition) is 14. The number of amides is 2. The van der Waals surface area contributed by atoms with Crippen molar-refractivity contribution in [3.63, 3.8) is 0 Å². The SMILES string of the molecule is COc1ccccc1N1CCN(CCCCN2C(=O)C(C)SC2OC(=O)C(=O)OC2SC(C)C(=O)N2CCCCN2CCN(c3ccccc3OC)CC2)CC1.